The lowest BCUT2D eigenvalue weighted by Crippen LogP contribution is -2.24. The molecular weight excluding hydrogens is 302 g/mol. The van der Waals surface area contributed by atoms with Crippen molar-refractivity contribution in [3.05, 3.63) is 65.2 Å². The average Bonchev–Trinajstić information content (AvgIpc) is 3.09. The Labute approximate surface area is 137 Å². The first-order valence-electron chi connectivity index (χ1n) is 7.74. The van der Waals surface area contributed by atoms with Gasteiger partial charge in [0.1, 0.15) is 5.52 Å². The Bertz CT molecular complexity index is 1070. The molecule has 0 atom stereocenters. The van der Waals surface area contributed by atoms with Crippen molar-refractivity contribution in [2.45, 2.75) is 13.5 Å². The smallest absolute Gasteiger partial charge is 0.292 e. The van der Waals surface area contributed by atoms with Crippen LogP contribution < -0.4 is 5.69 Å². The monoisotopic (exact) mass is 317 g/mol. The summed E-state index contributed by atoms with van der Waals surface area (Å²) in [5.74, 6) is 0. The van der Waals surface area contributed by atoms with Crippen molar-refractivity contribution in [2.24, 2.45) is 0 Å². The number of pyridine rings is 1. The molecule has 3 heterocycles. The van der Waals surface area contributed by atoms with E-state index in [0.717, 1.165) is 22.3 Å². The highest BCUT2D eigenvalue weighted by Gasteiger charge is 2.12. The molecule has 6 heteroatoms. The lowest BCUT2D eigenvalue weighted by molar-refractivity contribution is 0.708. The van der Waals surface area contributed by atoms with Crippen LogP contribution in [0.4, 0.5) is 0 Å². The van der Waals surface area contributed by atoms with Gasteiger partial charge < -0.3 is 0 Å². The van der Waals surface area contributed by atoms with Crippen molar-refractivity contribution >= 4 is 11.0 Å². The number of nitrogens with one attached hydrogen (secondary N) is 1. The topological polar surface area (TPSA) is 76.5 Å². The zero-order chi connectivity index (χ0) is 16.5. The summed E-state index contributed by atoms with van der Waals surface area (Å²) in [5.41, 5.74) is 4.35. The van der Waals surface area contributed by atoms with Crippen molar-refractivity contribution < 1.29 is 0 Å². The van der Waals surface area contributed by atoms with E-state index in [0.29, 0.717) is 17.9 Å². The SMILES string of the molecule is CCn1c(-c2ccccc2)cc(-c2ccc3[nH]ncc3n2)nc1=O. The summed E-state index contributed by atoms with van der Waals surface area (Å²) < 4.78 is 1.66. The van der Waals surface area contributed by atoms with E-state index < -0.39 is 0 Å². The summed E-state index contributed by atoms with van der Waals surface area (Å²) in [6, 6.07) is 15.5. The number of aromatic amines is 1. The van der Waals surface area contributed by atoms with Crippen molar-refractivity contribution in [3.8, 4) is 22.6 Å². The largest absolute Gasteiger partial charge is 0.348 e. The Morgan fingerprint density at radius 2 is 1.88 bits per heavy atom. The van der Waals surface area contributed by atoms with Gasteiger partial charge in [-0.05, 0) is 30.7 Å². The van der Waals surface area contributed by atoms with E-state index in [-0.39, 0.29) is 5.69 Å². The predicted molar refractivity (Wildman–Crippen MR) is 92.5 cm³/mol. The fourth-order valence-corrected chi connectivity index (χ4v) is 2.76. The number of hydrogen-bond donors (Lipinski definition) is 1. The van der Waals surface area contributed by atoms with Crippen LogP contribution in [0.5, 0.6) is 0 Å². The number of H-pyrrole nitrogens is 1. The first kappa shape index (κ1) is 14.3. The van der Waals surface area contributed by atoms with E-state index in [1.807, 2.05) is 55.5 Å². The molecule has 0 aliphatic heterocycles. The summed E-state index contributed by atoms with van der Waals surface area (Å²) >= 11 is 0. The van der Waals surface area contributed by atoms with Gasteiger partial charge in [-0.25, -0.2) is 9.78 Å². The molecule has 3 aromatic heterocycles. The number of nitrogens with zero attached hydrogens (tertiary/aromatic N) is 4. The second-order valence-corrected chi connectivity index (χ2v) is 5.42. The van der Waals surface area contributed by atoms with Crippen LogP contribution in [0.1, 0.15) is 6.92 Å². The van der Waals surface area contributed by atoms with E-state index in [2.05, 4.69) is 20.2 Å². The maximum absolute atomic E-state index is 12.5. The van der Waals surface area contributed by atoms with Gasteiger partial charge in [-0.2, -0.15) is 10.1 Å². The van der Waals surface area contributed by atoms with Crippen LogP contribution in [0.15, 0.2) is 59.5 Å². The highest BCUT2D eigenvalue weighted by Crippen LogP contribution is 2.23. The molecule has 4 aromatic rings. The maximum atomic E-state index is 12.5. The molecule has 1 aromatic carbocycles. The van der Waals surface area contributed by atoms with Crippen molar-refractivity contribution in [1.29, 1.82) is 0 Å². The third-order valence-electron chi connectivity index (χ3n) is 3.96. The lowest BCUT2D eigenvalue weighted by atomic mass is 10.1. The third-order valence-corrected chi connectivity index (χ3v) is 3.96. The molecule has 6 nitrogen and oxygen atoms in total. The normalized spacial score (nSPS) is 11.0. The molecule has 0 radical (unpaired) electrons. The molecule has 0 aliphatic rings. The second kappa shape index (κ2) is 5.73. The first-order chi connectivity index (χ1) is 11.8. The van der Waals surface area contributed by atoms with Crippen LogP contribution in [0, 0.1) is 0 Å². The number of fused-ring (bicyclic) bond motifs is 1. The van der Waals surface area contributed by atoms with Gasteiger partial charge in [-0.15, -0.1) is 0 Å². The maximum Gasteiger partial charge on any atom is 0.348 e. The van der Waals surface area contributed by atoms with Gasteiger partial charge in [-0.3, -0.25) is 9.67 Å². The standard InChI is InChI=1S/C18H15N5O/c1-2-23-17(12-6-4-3-5-7-12)10-15(21-18(23)24)13-8-9-14-16(20-13)11-19-22-14/h3-11H,2H2,1H3,(H,19,22). The van der Waals surface area contributed by atoms with Gasteiger partial charge in [-0.1, -0.05) is 30.3 Å². The van der Waals surface area contributed by atoms with Crippen LogP contribution in [-0.2, 0) is 6.54 Å². The molecule has 4 rings (SSSR count). The highest BCUT2D eigenvalue weighted by molar-refractivity contribution is 5.77. The molecule has 1 N–H and O–H groups in total. The highest BCUT2D eigenvalue weighted by atomic mass is 16.1. The number of hydrogen-bond acceptors (Lipinski definition) is 4. The van der Waals surface area contributed by atoms with Crippen molar-refractivity contribution in [2.75, 3.05) is 0 Å². The summed E-state index contributed by atoms with van der Waals surface area (Å²) in [6.07, 6.45) is 1.66. The Balaban J connectivity index is 1.93. The van der Waals surface area contributed by atoms with E-state index in [1.54, 1.807) is 10.8 Å². The molecule has 24 heavy (non-hydrogen) atoms. The molecule has 0 amide bonds. The Morgan fingerprint density at radius 1 is 1.04 bits per heavy atom. The molecule has 0 aliphatic carbocycles. The molecule has 0 fully saturated rings. The Hall–Kier alpha value is -3.28. The van der Waals surface area contributed by atoms with Crippen LogP contribution in [0.2, 0.25) is 0 Å². The van der Waals surface area contributed by atoms with Gasteiger partial charge >= 0.3 is 5.69 Å². The first-order valence-corrected chi connectivity index (χ1v) is 7.74. The number of benzene rings is 1. The number of rotatable bonds is 3. The zero-order valence-corrected chi connectivity index (χ0v) is 13.1. The summed E-state index contributed by atoms with van der Waals surface area (Å²) in [7, 11) is 0. The van der Waals surface area contributed by atoms with Gasteiger partial charge in [0.15, 0.2) is 0 Å². The summed E-state index contributed by atoms with van der Waals surface area (Å²) in [6.45, 7) is 2.50. The van der Waals surface area contributed by atoms with Gasteiger partial charge in [0.2, 0.25) is 0 Å². The minimum atomic E-state index is -0.275. The average molecular weight is 317 g/mol. The van der Waals surface area contributed by atoms with Gasteiger partial charge in [0, 0.05) is 6.54 Å². The molecule has 0 saturated carbocycles. The minimum absolute atomic E-state index is 0.275. The Morgan fingerprint density at radius 3 is 2.67 bits per heavy atom. The molecule has 0 saturated heterocycles. The van der Waals surface area contributed by atoms with Gasteiger partial charge in [0.25, 0.3) is 0 Å². The second-order valence-electron chi connectivity index (χ2n) is 5.42. The van der Waals surface area contributed by atoms with E-state index in [1.165, 1.54) is 0 Å². The number of aromatic nitrogens is 5. The molecule has 118 valence electrons. The third kappa shape index (κ3) is 2.38. The molecule has 0 unspecified atom stereocenters. The lowest BCUT2D eigenvalue weighted by Gasteiger charge is -2.12. The van der Waals surface area contributed by atoms with Gasteiger partial charge in [0.05, 0.1) is 28.8 Å². The van der Waals surface area contributed by atoms with Crippen LogP contribution in [0.25, 0.3) is 33.7 Å². The van der Waals surface area contributed by atoms with Crippen LogP contribution in [0.3, 0.4) is 0 Å². The quantitative estimate of drug-likeness (QED) is 0.630. The van der Waals surface area contributed by atoms with E-state index in [9.17, 15) is 4.79 Å². The minimum Gasteiger partial charge on any atom is -0.292 e. The summed E-state index contributed by atoms with van der Waals surface area (Å²) in [5, 5.41) is 6.84. The van der Waals surface area contributed by atoms with E-state index >= 15 is 0 Å². The zero-order valence-electron chi connectivity index (χ0n) is 13.1. The Kier molecular flexibility index (Phi) is 3.42. The van der Waals surface area contributed by atoms with Crippen LogP contribution >= 0.6 is 0 Å². The van der Waals surface area contributed by atoms with Crippen LogP contribution in [-0.4, -0.2) is 24.7 Å². The van der Waals surface area contributed by atoms with E-state index in [4.69, 9.17) is 0 Å². The molecule has 0 spiro atoms. The fraction of sp³-hybridized carbons (Fsp3) is 0.111. The molecule has 0 bridgehead atoms. The summed E-state index contributed by atoms with van der Waals surface area (Å²) in [4.78, 5) is 21.2. The predicted octanol–water partition coefficient (Wildman–Crippen LogP) is 2.87. The fourth-order valence-electron chi connectivity index (χ4n) is 2.76. The van der Waals surface area contributed by atoms with Crippen molar-refractivity contribution in [1.82, 2.24) is 24.7 Å². The molecular formula is C18H15N5O. The van der Waals surface area contributed by atoms with Crippen molar-refractivity contribution in [3.63, 3.8) is 0 Å².